The molecule has 7 nitrogen and oxygen atoms in total. The van der Waals surface area contributed by atoms with Crippen LogP contribution < -0.4 is 20.3 Å². The zero-order valence-electron chi connectivity index (χ0n) is 19.5. The Morgan fingerprint density at radius 2 is 1.76 bits per heavy atom. The molecule has 1 aliphatic heterocycles. The van der Waals surface area contributed by atoms with Crippen molar-refractivity contribution in [3.63, 3.8) is 0 Å². The van der Waals surface area contributed by atoms with E-state index >= 15 is 0 Å². The lowest BCUT2D eigenvalue weighted by molar-refractivity contribution is 0.0949. The number of benzene rings is 2. The first-order valence-corrected chi connectivity index (χ1v) is 13.3. The van der Waals surface area contributed by atoms with Gasteiger partial charge in [-0.3, -0.25) is 9.52 Å². The third kappa shape index (κ3) is 5.68. The van der Waals surface area contributed by atoms with E-state index in [2.05, 4.69) is 20.3 Å². The number of aryl methyl sites for hydroxylation is 2. The van der Waals surface area contributed by atoms with Crippen molar-refractivity contribution in [1.82, 2.24) is 10.6 Å². The number of sulfonamides is 1. The summed E-state index contributed by atoms with van der Waals surface area (Å²) < 4.78 is 29.0. The van der Waals surface area contributed by atoms with Crippen LogP contribution in [-0.2, 0) is 22.9 Å². The number of hydrogen-bond acceptors (Lipinski definition) is 5. The summed E-state index contributed by atoms with van der Waals surface area (Å²) >= 11 is 0. The van der Waals surface area contributed by atoms with Gasteiger partial charge in [-0.1, -0.05) is 19.9 Å². The smallest absolute Gasteiger partial charge is 0.261 e. The summed E-state index contributed by atoms with van der Waals surface area (Å²) in [5.74, 6) is 0.134. The first kappa shape index (κ1) is 23.6. The number of amides is 1. The summed E-state index contributed by atoms with van der Waals surface area (Å²) in [6.07, 6.45) is 4.16. The minimum absolute atomic E-state index is 0.188. The zero-order chi connectivity index (χ0) is 23.4. The van der Waals surface area contributed by atoms with E-state index in [1.165, 1.54) is 5.56 Å². The molecule has 2 aromatic rings. The van der Waals surface area contributed by atoms with Crippen LogP contribution in [0.15, 0.2) is 41.3 Å². The van der Waals surface area contributed by atoms with E-state index in [0.717, 1.165) is 63.1 Å². The van der Waals surface area contributed by atoms with Gasteiger partial charge in [0.15, 0.2) is 0 Å². The number of piperazine rings is 1. The second kappa shape index (κ2) is 10.1. The maximum Gasteiger partial charge on any atom is 0.261 e. The molecule has 4 rings (SSSR count). The van der Waals surface area contributed by atoms with E-state index < -0.39 is 10.0 Å². The number of carbonyl (C=O) groups excluding carboxylic acids is 1. The summed E-state index contributed by atoms with van der Waals surface area (Å²) in [6, 6.07) is 10.7. The Morgan fingerprint density at radius 1 is 1.03 bits per heavy atom. The molecule has 0 aromatic heterocycles. The first-order valence-electron chi connectivity index (χ1n) is 11.9. The Kier molecular flexibility index (Phi) is 7.24. The van der Waals surface area contributed by atoms with Crippen LogP contribution in [0.4, 0.5) is 11.4 Å². The molecule has 0 spiro atoms. The fraction of sp³-hybridized carbons (Fsp3) is 0.480. The van der Waals surface area contributed by atoms with Crippen molar-refractivity contribution in [2.45, 2.75) is 44.4 Å². The number of anilines is 2. The van der Waals surface area contributed by atoms with Gasteiger partial charge in [0.05, 0.1) is 10.5 Å². The van der Waals surface area contributed by atoms with Gasteiger partial charge in [-0.25, -0.2) is 8.42 Å². The van der Waals surface area contributed by atoms with Crippen molar-refractivity contribution in [3.8, 4) is 0 Å². The summed E-state index contributed by atoms with van der Waals surface area (Å²) in [6.45, 7) is 7.93. The molecule has 0 bridgehead atoms. The molecule has 1 aliphatic carbocycles. The molecule has 2 aliphatic rings. The van der Waals surface area contributed by atoms with Crippen LogP contribution in [0.2, 0.25) is 0 Å². The SMILES string of the molecule is CC(C)CNC(=O)c1cc(NS(=O)(=O)c2ccc3c(c2)CCCC3)ccc1N1CCNCC1. The standard InChI is InChI=1S/C25H34N4O3S/c1-18(2)17-27-25(30)23-16-21(8-10-24(23)29-13-11-26-12-14-29)28-33(31,32)22-9-7-19-5-3-4-6-20(19)15-22/h7-10,15-16,18,26,28H,3-6,11-14,17H2,1-2H3,(H,27,30). The van der Waals surface area contributed by atoms with E-state index in [-0.39, 0.29) is 10.8 Å². The molecule has 1 fully saturated rings. The topological polar surface area (TPSA) is 90.5 Å². The number of rotatable bonds is 7. The minimum atomic E-state index is -3.76. The van der Waals surface area contributed by atoms with Crippen molar-refractivity contribution in [2.24, 2.45) is 5.92 Å². The number of fused-ring (bicyclic) bond motifs is 1. The van der Waals surface area contributed by atoms with Crippen LogP contribution in [0.5, 0.6) is 0 Å². The maximum atomic E-state index is 13.1. The van der Waals surface area contributed by atoms with Crippen molar-refractivity contribution < 1.29 is 13.2 Å². The highest BCUT2D eigenvalue weighted by Crippen LogP contribution is 2.28. The van der Waals surface area contributed by atoms with Crippen molar-refractivity contribution >= 4 is 27.3 Å². The van der Waals surface area contributed by atoms with Crippen LogP contribution in [0, 0.1) is 5.92 Å². The summed E-state index contributed by atoms with van der Waals surface area (Å²) in [5, 5.41) is 6.30. The average molecular weight is 471 g/mol. The fourth-order valence-corrected chi connectivity index (χ4v) is 5.55. The lowest BCUT2D eigenvalue weighted by Gasteiger charge is -2.31. The van der Waals surface area contributed by atoms with Crippen LogP contribution in [0.1, 0.15) is 48.2 Å². The molecule has 1 amide bonds. The van der Waals surface area contributed by atoms with Gasteiger partial charge < -0.3 is 15.5 Å². The van der Waals surface area contributed by atoms with Crippen LogP contribution in [0.3, 0.4) is 0 Å². The van der Waals surface area contributed by atoms with E-state index in [9.17, 15) is 13.2 Å². The van der Waals surface area contributed by atoms with Gasteiger partial charge in [0.25, 0.3) is 15.9 Å². The molecule has 8 heteroatoms. The molecule has 178 valence electrons. The van der Waals surface area contributed by atoms with Gasteiger partial charge in [0.2, 0.25) is 0 Å². The zero-order valence-corrected chi connectivity index (χ0v) is 20.3. The lowest BCUT2D eigenvalue weighted by atomic mass is 9.92. The normalized spacial score (nSPS) is 16.4. The van der Waals surface area contributed by atoms with Gasteiger partial charge in [-0.05, 0) is 73.1 Å². The minimum Gasteiger partial charge on any atom is -0.368 e. The molecule has 3 N–H and O–H groups in total. The maximum absolute atomic E-state index is 13.1. The molecule has 0 atom stereocenters. The number of hydrogen-bond donors (Lipinski definition) is 3. The average Bonchev–Trinajstić information content (AvgIpc) is 2.82. The predicted molar refractivity (Wildman–Crippen MR) is 133 cm³/mol. The number of nitrogens with zero attached hydrogens (tertiary/aromatic N) is 1. The second-order valence-electron chi connectivity index (χ2n) is 9.32. The predicted octanol–water partition coefficient (Wildman–Crippen LogP) is 3.16. The van der Waals surface area contributed by atoms with Crippen molar-refractivity contribution in [1.29, 1.82) is 0 Å². The van der Waals surface area contributed by atoms with Crippen LogP contribution in [0.25, 0.3) is 0 Å². The van der Waals surface area contributed by atoms with E-state index in [1.54, 1.807) is 24.3 Å². The Morgan fingerprint density at radius 3 is 2.48 bits per heavy atom. The molecular weight excluding hydrogens is 436 g/mol. The molecule has 0 saturated carbocycles. The summed E-state index contributed by atoms with van der Waals surface area (Å²) in [5.41, 5.74) is 4.07. The van der Waals surface area contributed by atoms with Gasteiger partial charge in [0, 0.05) is 44.1 Å². The third-order valence-electron chi connectivity index (χ3n) is 6.25. The quantitative estimate of drug-likeness (QED) is 0.578. The Bertz CT molecular complexity index is 1110. The summed E-state index contributed by atoms with van der Waals surface area (Å²) in [4.78, 5) is 15.5. The molecule has 2 aromatic carbocycles. The van der Waals surface area contributed by atoms with E-state index in [1.807, 2.05) is 26.0 Å². The van der Waals surface area contributed by atoms with Gasteiger partial charge in [0.1, 0.15) is 0 Å². The van der Waals surface area contributed by atoms with Gasteiger partial charge in [-0.2, -0.15) is 0 Å². The highest BCUT2D eigenvalue weighted by atomic mass is 32.2. The van der Waals surface area contributed by atoms with Crippen LogP contribution >= 0.6 is 0 Å². The molecule has 0 radical (unpaired) electrons. The molecule has 1 heterocycles. The van der Waals surface area contributed by atoms with Crippen molar-refractivity contribution in [3.05, 3.63) is 53.1 Å². The van der Waals surface area contributed by atoms with E-state index in [0.29, 0.717) is 23.7 Å². The second-order valence-corrected chi connectivity index (χ2v) is 11.0. The van der Waals surface area contributed by atoms with Gasteiger partial charge >= 0.3 is 0 Å². The molecule has 1 saturated heterocycles. The van der Waals surface area contributed by atoms with Crippen molar-refractivity contribution in [2.75, 3.05) is 42.3 Å². The summed E-state index contributed by atoms with van der Waals surface area (Å²) in [7, 11) is -3.76. The Balaban J connectivity index is 1.61. The molecule has 33 heavy (non-hydrogen) atoms. The Labute approximate surface area is 197 Å². The largest absolute Gasteiger partial charge is 0.368 e. The number of carbonyl (C=O) groups is 1. The fourth-order valence-electron chi connectivity index (χ4n) is 4.45. The number of nitrogens with one attached hydrogen (secondary N) is 3. The highest BCUT2D eigenvalue weighted by Gasteiger charge is 2.22. The van der Waals surface area contributed by atoms with Crippen LogP contribution in [-0.4, -0.2) is 47.0 Å². The van der Waals surface area contributed by atoms with Gasteiger partial charge in [-0.15, -0.1) is 0 Å². The van der Waals surface area contributed by atoms with E-state index in [4.69, 9.17) is 0 Å². The first-order chi connectivity index (χ1) is 15.8. The highest BCUT2D eigenvalue weighted by molar-refractivity contribution is 7.92. The molecular formula is C25H34N4O3S. The monoisotopic (exact) mass is 470 g/mol. The molecule has 0 unspecified atom stereocenters. The Hall–Kier alpha value is -2.58. The lowest BCUT2D eigenvalue weighted by Crippen LogP contribution is -2.44. The third-order valence-corrected chi connectivity index (χ3v) is 7.63.